The van der Waals surface area contributed by atoms with Gasteiger partial charge in [0.2, 0.25) is 0 Å². The van der Waals surface area contributed by atoms with Crippen LogP contribution in [0.5, 0.6) is 5.75 Å². The van der Waals surface area contributed by atoms with E-state index in [1.807, 2.05) is 41.8 Å². The molecule has 0 N–H and O–H groups in total. The highest BCUT2D eigenvalue weighted by Crippen LogP contribution is 2.32. The first-order chi connectivity index (χ1) is 12.7. The van der Waals surface area contributed by atoms with E-state index in [2.05, 4.69) is 4.98 Å². The number of carbonyl (C=O) groups is 1. The Kier molecular flexibility index (Phi) is 6.55. The summed E-state index contributed by atoms with van der Waals surface area (Å²) in [5.41, 5.74) is 1.65. The molecular weight excluding hydrogens is 390 g/mol. The third-order valence-corrected chi connectivity index (χ3v) is 5.60. The maximum absolute atomic E-state index is 11.9. The van der Waals surface area contributed by atoms with E-state index in [0.717, 1.165) is 26.9 Å². The van der Waals surface area contributed by atoms with Crippen molar-refractivity contribution in [2.24, 2.45) is 0 Å². The molecule has 0 amide bonds. The van der Waals surface area contributed by atoms with Gasteiger partial charge in [0.05, 0.1) is 24.1 Å². The molecule has 0 radical (unpaired) electrons. The van der Waals surface area contributed by atoms with Crippen LogP contribution in [-0.2, 0) is 16.1 Å². The Balaban J connectivity index is 1.53. The van der Waals surface area contributed by atoms with Crippen LogP contribution in [0.4, 0.5) is 0 Å². The number of ether oxygens (including phenoxy) is 2. The molecule has 7 heteroatoms. The number of nitrogens with zero attached hydrogens (tertiary/aromatic N) is 1. The summed E-state index contributed by atoms with van der Waals surface area (Å²) in [6.07, 6.45) is 0. The monoisotopic (exact) mass is 405 g/mol. The van der Waals surface area contributed by atoms with E-state index in [1.165, 1.54) is 23.1 Å². The second-order valence-corrected chi connectivity index (χ2v) is 7.59. The van der Waals surface area contributed by atoms with Crippen molar-refractivity contribution in [3.05, 3.63) is 64.6 Å². The Morgan fingerprint density at radius 3 is 2.73 bits per heavy atom. The topological polar surface area (TPSA) is 48.4 Å². The van der Waals surface area contributed by atoms with Crippen LogP contribution >= 0.6 is 34.7 Å². The van der Waals surface area contributed by atoms with E-state index in [0.29, 0.717) is 5.02 Å². The molecule has 0 saturated carbocycles. The number of aromatic nitrogens is 1. The van der Waals surface area contributed by atoms with E-state index >= 15 is 0 Å². The smallest absolute Gasteiger partial charge is 0.316 e. The first-order valence-electron chi connectivity index (χ1n) is 7.77. The number of hydrogen-bond donors (Lipinski definition) is 0. The molecule has 0 aliphatic carbocycles. The molecule has 3 aromatic rings. The minimum atomic E-state index is -0.281. The lowest BCUT2D eigenvalue weighted by molar-refractivity contribution is -0.141. The largest absolute Gasteiger partial charge is 0.496 e. The van der Waals surface area contributed by atoms with Crippen molar-refractivity contribution in [3.8, 4) is 16.3 Å². The maximum atomic E-state index is 11.9. The van der Waals surface area contributed by atoms with Gasteiger partial charge in [0, 0.05) is 15.3 Å². The number of esters is 1. The Labute approximate surface area is 165 Å². The third kappa shape index (κ3) is 5.00. The quantitative estimate of drug-likeness (QED) is 0.394. The maximum Gasteiger partial charge on any atom is 0.316 e. The highest BCUT2D eigenvalue weighted by Gasteiger charge is 2.11. The van der Waals surface area contributed by atoms with Gasteiger partial charge in [-0.05, 0) is 36.4 Å². The minimum absolute atomic E-state index is 0.158. The average Bonchev–Trinajstić information content (AvgIpc) is 3.14. The van der Waals surface area contributed by atoms with Crippen LogP contribution in [0, 0.1) is 0 Å². The van der Waals surface area contributed by atoms with Crippen molar-refractivity contribution in [3.63, 3.8) is 0 Å². The Morgan fingerprint density at radius 1 is 1.19 bits per heavy atom. The minimum Gasteiger partial charge on any atom is -0.496 e. The van der Waals surface area contributed by atoms with Gasteiger partial charge >= 0.3 is 5.97 Å². The van der Waals surface area contributed by atoms with Gasteiger partial charge < -0.3 is 9.47 Å². The van der Waals surface area contributed by atoms with Crippen LogP contribution in [0.2, 0.25) is 5.02 Å². The summed E-state index contributed by atoms with van der Waals surface area (Å²) >= 11 is 8.75. The number of hydrogen-bond acceptors (Lipinski definition) is 6. The molecule has 134 valence electrons. The number of thiazole rings is 1. The molecule has 0 aliphatic heterocycles. The summed E-state index contributed by atoms with van der Waals surface area (Å²) in [5.74, 6) is 0.729. The predicted molar refractivity (Wildman–Crippen MR) is 106 cm³/mol. The number of methoxy groups -OCH3 is 1. The zero-order valence-electron chi connectivity index (χ0n) is 14.0. The molecule has 1 heterocycles. The number of carbonyl (C=O) groups excluding carboxylic acids is 1. The fourth-order valence-electron chi connectivity index (χ4n) is 2.19. The molecule has 0 fully saturated rings. The van der Waals surface area contributed by atoms with Crippen LogP contribution < -0.4 is 4.74 Å². The molecule has 2 aromatic carbocycles. The van der Waals surface area contributed by atoms with Gasteiger partial charge in [-0.15, -0.1) is 23.1 Å². The predicted octanol–water partition coefficient (Wildman–Crippen LogP) is 5.31. The highest BCUT2D eigenvalue weighted by atomic mass is 35.5. The Hall–Kier alpha value is -2.02. The molecule has 4 nitrogen and oxygen atoms in total. The van der Waals surface area contributed by atoms with Crippen molar-refractivity contribution >= 4 is 40.7 Å². The highest BCUT2D eigenvalue weighted by molar-refractivity contribution is 8.00. The molecule has 0 aliphatic rings. The zero-order valence-corrected chi connectivity index (χ0v) is 16.4. The summed E-state index contributed by atoms with van der Waals surface area (Å²) in [6, 6.07) is 15.0. The normalized spacial score (nSPS) is 10.5. The average molecular weight is 406 g/mol. The van der Waals surface area contributed by atoms with Gasteiger partial charge in [0.1, 0.15) is 17.4 Å². The van der Waals surface area contributed by atoms with Crippen molar-refractivity contribution in [1.82, 2.24) is 4.98 Å². The van der Waals surface area contributed by atoms with Crippen LogP contribution in [0.25, 0.3) is 10.6 Å². The number of benzene rings is 2. The van der Waals surface area contributed by atoms with Gasteiger partial charge in [-0.1, -0.05) is 23.7 Å². The van der Waals surface area contributed by atoms with Gasteiger partial charge in [-0.2, -0.15) is 0 Å². The van der Waals surface area contributed by atoms with Gasteiger partial charge in [-0.25, -0.2) is 4.98 Å². The van der Waals surface area contributed by atoms with Crippen molar-refractivity contribution in [2.75, 3.05) is 12.9 Å². The summed E-state index contributed by atoms with van der Waals surface area (Å²) in [7, 11) is 1.63. The van der Waals surface area contributed by atoms with Crippen LogP contribution in [0.3, 0.4) is 0 Å². The van der Waals surface area contributed by atoms with Crippen LogP contribution in [-0.4, -0.2) is 23.8 Å². The molecule has 0 bridgehead atoms. The first kappa shape index (κ1) is 18.8. The molecule has 0 spiro atoms. The lowest BCUT2D eigenvalue weighted by Gasteiger charge is -2.05. The molecule has 3 rings (SSSR count). The summed E-state index contributed by atoms with van der Waals surface area (Å²) in [4.78, 5) is 17.4. The second-order valence-electron chi connectivity index (χ2n) is 5.25. The molecule has 1 aromatic heterocycles. The van der Waals surface area contributed by atoms with E-state index in [9.17, 15) is 4.79 Å². The fourth-order valence-corrected chi connectivity index (χ4v) is 3.84. The Bertz CT molecular complexity index is 881. The standard InChI is InChI=1S/C19H16ClNO3S2/c1-23-17-5-3-2-4-16(17)19-21-14(11-26-19)10-24-18(22)12-25-15-8-6-13(20)7-9-15/h2-9,11H,10,12H2,1H3. The Morgan fingerprint density at radius 2 is 1.96 bits per heavy atom. The molecule has 26 heavy (non-hydrogen) atoms. The number of thioether (sulfide) groups is 1. The lowest BCUT2D eigenvalue weighted by Crippen LogP contribution is -2.07. The fraction of sp³-hybridized carbons (Fsp3) is 0.158. The molecule has 0 atom stereocenters. The van der Waals surface area contributed by atoms with Gasteiger partial charge in [-0.3, -0.25) is 4.79 Å². The van der Waals surface area contributed by atoms with E-state index in [-0.39, 0.29) is 18.3 Å². The number of halogens is 1. The van der Waals surface area contributed by atoms with Crippen molar-refractivity contribution in [2.45, 2.75) is 11.5 Å². The molecule has 0 unspecified atom stereocenters. The lowest BCUT2D eigenvalue weighted by atomic mass is 10.2. The van der Waals surface area contributed by atoms with Crippen LogP contribution in [0.1, 0.15) is 5.69 Å². The second kappa shape index (κ2) is 9.07. The zero-order chi connectivity index (χ0) is 18.4. The van der Waals surface area contributed by atoms with E-state index in [4.69, 9.17) is 21.1 Å². The summed E-state index contributed by atoms with van der Waals surface area (Å²) < 4.78 is 10.7. The molecular formula is C19H16ClNO3S2. The number of para-hydroxylation sites is 1. The summed E-state index contributed by atoms with van der Waals surface area (Å²) in [5, 5.41) is 3.40. The van der Waals surface area contributed by atoms with E-state index < -0.39 is 0 Å². The third-order valence-electron chi connectivity index (χ3n) is 3.44. The SMILES string of the molecule is COc1ccccc1-c1nc(COC(=O)CSc2ccc(Cl)cc2)cs1. The van der Waals surface area contributed by atoms with Gasteiger partial charge in [0.15, 0.2) is 0 Å². The molecule has 0 saturated heterocycles. The van der Waals surface area contributed by atoms with Crippen LogP contribution in [0.15, 0.2) is 58.8 Å². The number of rotatable bonds is 7. The first-order valence-corrected chi connectivity index (χ1v) is 10.0. The van der Waals surface area contributed by atoms with Crippen molar-refractivity contribution in [1.29, 1.82) is 0 Å². The van der Waals surface area contributed by atoms with Crippen molar-refractivity contribution < 1.29 is 14.3 Å². The summed E-state index contributed by atoms with van der Waals surface area (Å²) in [6.45, 7) is 0.158. The van der Waals surface area contributed by atoms with Gasteiger partial charge in [0.25, 0.3) is 0 Å². The van der Waals surface area contributed by atoms with E-state index in [1.54, 1.807) is 19.2 Å².